The second-order valence-electron chi connectivity index (χ2n) is 5.01. The molecule has 0 aliphatic carbocycles. The lowest BCUT2D eigenvalue weighted by atomic mass is 10.2. The first kappa shape index (κ1) is 15.0. The summed E-state index contributed by atoms with van der Waals surface area (Å²) < 4.78 is 26.2. The standard InChI is InChI=1S/C13H13ClN4O3S/c14-10-1-3-11(4-2-10)22(20,21)12-5-17(6-12)13(19)7-18-9-15-8-16-18/h1-4,8-9,12H,5-7H2. The van der Waals surface area contributed by atoms with Crippen molar-refractivity contribution in [3.63, 3.8) is 0 Å². The first-order valence-corrected chi connectivity index (χ1v) is 8.49. The third-order valence-corrected chi connectivity index (χ3v) is 5.90. The summed E-state index contributed by atoms with van der Waals surface area (Å²) in [6.45, 7) is 0.449. The minimum Gasteiger partial charge on any atom is -0.338 e. The molecule has 0 spiro atoms. The average Bonchev–Trinajstić information content (AvgIpc) is 2.90. The molecule has 22 heavy (non-hydrogen) atoms. The van der Waals surface area contributed by atoms with E-state index in [0.29, 0.717) is 5.02 Å². The molecular weight excluding hydrogens is 328 g/mol. The van der Waals surface area contributed by atoms with Crippen molar-refractivity contribution in [3.05, 3.63) is 41.9 Å². The summed E-state index contributed by atoms with van der Waals surface area (Å²) in [5.41, 5.74) is 0. The van der Waals surface area contributed by atoms with Crippen LogP contribution in [0.1, 0.15) is 0 Å². The number of halogens is 1. The summed E-state index contributed by atoms with van der Waals surface area (Å²) in [4.78, 5) is 17.5. The quantitative estimate of drug-likeness (QED) is 0.814. The van der Waals surface area contributed by atoms with Crippen molar-refractivity contribution < 1.29 is 13.2 Å². The normalized spacial score (nSPS) is 15.6. The van der Waals surface area contributed by atoms with Crippen LogP contribution < -0.4 is 0 Å². The second kappa shape index (κ2) is 5.69. The van der Waals surface area contributed by atoms with Crippen LogP contribution in [0.3, 0.4) is 0 Å². The average molecular weight is 341 g/mol. The number of amides is 1. The zero-order valence-corrected chi connectivity index (χ0v) is 13.0. The smallest absolute Gasteiger partial charge is 0.244 e. The van der Waals surface area contributed by atoms with E-state index in [1.54, 1.807) is 12.1 Å². The minimum absolute atomic E-state index is 0.0632. The van der Waals surface area contributed by atoms with E-state index in [1.165, 1.54) is 34.4 Å². The summed E-state index contributed by atoms with van der Waals surface area (Å²) in [6, 6.07) is 6.05. The Bertz CT molecular complexity index is 768. The maximum absolute atomic E-state index is 12.4. The van der Waals surface area contributed by atoms with E-state index in [1.807, 2.05) is 0 Å². The first-order valence-electron chi connectivity index (χ1n) is 6.56. The SMILES string of the molecule is O=C(Cn1cncn1)N1CC(S(=O)(=O)c2ccc(Cl)cc2)C1. The van der Waals surface area contributed by atoms with Crippen LogP contribution >= 0.6 is 11.6 Å². The van der Waals surface area contributed by atoms with E-state index in [0.717, 1.165) is 0 Å². The lowest BCUT2D eigenvalue weighted by Gasteiger charge is -2.38. The maximum Gasteiger partial charge on any atom is 0.244 e. The molecule has 2 aromatic rings. The van der Waals surface area contributed by atoms with Crippen molar-refractivity contribution >= 4 is 27.3 Å². The maximum atomic E-state index is 12.4. The van der Waals surface area contributed by atoms with Gasteiger partial charge in [-0.15, -0.1) is 0 Å². The van der Waals surface area contributed by atoms with Crippen LogP contribution in [0, 0.1) is 0 Å². The largest absolute Gasteiger partial charge is 0.338 e. The van der Waals surface area contributed by atoms with Crippen LogP contribution in [-0.2, 0) is 21.2 Å². The Morgan fingerprint density at radius 3 is 2.55 bits per heavy atom. The van der Waals surface area contributed by atoms with Gasteiger partial charge in [-0.3, -0.25) is 4.79 Å². The molecule has 1 aromatic carbocycles. The number of benzene rings is 1. The Balaban J connectivity index is 1.62. The molecule has 1 amide bonds. The molecule has 1 fully saturated rings. The van der Waals surface area contributed by atoms with Gasteiger partial charge >= 0.3 is 0 Å². The van der Waals surface area contributed by atoms with Gasteiger partial charge in [0, 0.05) is 18.1 Å². The number of likely N-dealkylation sites (tertiary alicyclic amines) is 1. The number of rotatable bonds is 4. The van der Waals surface area contributed by atoms with Gasteiger partial charge in [-0.25, -0.2) is 18.1 Å². The summed E-state index contributed by atoms with van der Waals surface area (Å²) in [6.07, 6.45) is 2.79. The Morgan fingerprint density at radius 1 is 1.27 bits per heavy atom. The number of sulfone groups is 1. The van der Waals surface area contributed by atoms with Crippen LogP contribution in [-0.4, -0.2) is 52.3 Å². The lowest BCUT2D eigenvalue weighted by Crippen LogP contribution is -2.57. The van der Waals surface area contributed by atoms with Gasteiger partial charge in [0.2, 0.25) is 5.91 Å². The van der Waals surface area contributed by atoms with E-state index in [9.17, 15) is 13.2 Å². The van der Waals surface area contributed by atoms with Crippen molar-refractivity contribution in [1.29, 1.82) is 0 Å². The summed E-state index contributed by atoms with van der Waals surface area (Å²) >= 11 is 5.76. The molecular formula is C13H13ClN4O3S. The Kier molecular flexibility index (Phi) is 3.88. The molecule has 1 saturated heterocycles. The summed E-state index contributed by atoms with van der Waals surface area (Å²) in [7, 11) is -3.43. The monoisotopic (exact) mass is 340 g/mol. The van der Waals surface area contributed by atoms with E-state index >= 15 is 0 Å². The molecule has 1 aromatic heterocycles. The van der Waals surface area contributed by atoms with Crippen molar-refractivity contribution in [2.24, 2.45) is 0 Å². The fraction of sp³-hybridized carbons (Fsp3) is 0.308. The summed E-state index contributed by atoms with van der Waals surface area (Å²) in [5.74, 6) is -0.173. The number of hydrogen-bond donors (Lipinski definition) is 0. The van der Waals surface area contributed by atoms with Crippen molar-refractivity contribution in [3.8, 4) is 0 Å². The lowest BCUT2D eigenvalue weighted by molar-refractivity contribution is -0.135. The molecule has 2 heterocycles. The molecule has 116 valence electrons. The molecule has 1 aliphatic heterocycles. The highest BCUT2D eigenvalue weighted by Crippen LogP contribution is 2.25. The van der Waals surface area contributed by atoms with Crippen molar-refractivity contribution in [2.45, 2.75) is 16.7 Å². The highest BCUT2D eigenvalue weighted by molar-refractivity contribution is 7.92. The predicted molar refractivity (Wildman–Crippen MR) is 79.0 cm³/mol. The zero-order valence-electron chi connectivity index (χ0n) is 11.5. The minimum atomic E-state index is -3.43. The number of aromatic nitrogens is 3. The number of carbonyl (C=O) groups excluding carboxylic acids is 1. The molecule has 0 bridgehead atoms. The van der Waals surface area contributed by atoms with Gasteiger partial charge in [0.15, 0.2) is 9.84 Å². The Labute approximate surface area is 132 Å². The predicted octanol–water partition coefficient (Wildman–Crippen LogP) is 0.616. The van der Waals surface area contributed by atoms with Gasteiger partial charge in [0.05, 0.1) is 4.90 Å². The molecule has 0 radical (unpaired) electrons. The van der Waals surface area contributed by atoms with E-state index in [4.69, 9.17) is 11.6 Å². The van der Waals surface area contributed by atoms with Gasteiger partial charge in [0.1, 0.15) is 24.4 Å². The van der Waals surface area contributed by atoms with Gasteiger partial charge in [-0.1, -0.05) is 11.6 Å². The molecule has 9 heteroatoms. The first-order chi connectivity index (χ1) is 10.5. The number of hydrogen-bond acceptors (Lipinski definition) is 5. The Hall–Kier alpha value is -1.93. The molecule has 0 unspecified atom stereocenters. The molecule has 1 aliphatic rings. The third-order valence-electron chi connectivity index (χ3n) is 3.55. The third kappa shape index (κ3) is 2.84. The van der Waals surface area contributed by atoms with E-state index in [-0.39, 0.29) is 30.4 Å². The van der Waals surface area contributed by atoms with Crippen LogP contribution in [0.4, 0.5) is 0 Å². The molecule has 0 N–H and O–H groups in total. The fourth-order valence-corrected chi connectivity index (χ4v) is 3.99. The molecule has 0 atom stereocenters. The van der Waals surface area contributed by atoms with Gasteiger partial charge in [-0.2, -0.15) is 5.10 Å². The highest BCUT2D eigenvalue weighted by Gasteiger charge is 2.40. The highest BCUT2D eigenvalue weighted by atomic mass is 35.5. The molecule has 7 nitrogen and oxygen atoms in total. The van der Waals surface area contributed by atoms with Crippen LogP contribution in [0.2, 0.25) is 5.02 Å². The topological polar surface area (TPSA) is 85.2 Å². The zero-order chi connectivity index (χ0) is 15.7. The van der Waals surface area contributed by atoms with Crippen molar-refractivity contribution in [1.82, 2.24) is 19.7 Å². The van der Waals surface area contributed by atoms with Crippen LogP contribution in [0.5, 0.6) is 0 Å². The second-order valence-corrected chi connectivity index (χ2v) is 7.68. The van der Waals surface area contributed by atoms with Gasteiger partial charge in [-0.05, 0) is 24.3 Å². The fourth-order valence-electron chi connectivity index (χ4n) is 2.21. The van der Waals surface area contributed by atoms with Gasteiger partial charge < -0.3 is 4.90 Å². The number of carbonyl (C=O) groups is 1. The molecule has 3 rings (SSSR count). The Morgan fingerprint density at radius 2 is 1.95 bits per heavy atom. The van der Waals surface area contributed by atoms with Gasteiger partial charge in [0.25, 0.3) is 0 Å². The van der Waals surface area contributed by atoms with Crippen molar-refractivity contribution in [2.75, 3.05) is 13.1 Å². The van der Waals surface area contributed by atoms with E-state index < -0.39 is 15.1 Å². The van der Waals surface area contributed by atoms with E-state index in [2.05, 4.69) is 10.1 Å². The summed E-state index contributed by atoms with van der Waals surface area (Å²) in [5, 5.41) is 3.76. The number of nitrogens with zero attached hydrogens (tertiary/aromatic N) is 4. The van der Waals surface area contributed by atoms with Crippen LogP contribution in [0.25, 0.3) is 0 Å². The molecule has 0 saturated carbocycles. The van der Waals surface area contributed by atoms with Crippen LogP contribution in [0.15, 0.2) is 41.8 Å².